The van der Waals surface area contributed by atoms with Crippen LogP contribution in [0.1, 0.15) is 86.1 Å². The quantitative estimate of drug-likeness (QED) is 0.142. The molecule has 0 bridgehead atoms. The van der Waals surface area contributed by atoms with Crippen molar-refractivity contribution in [2.45, 2.75) is 109 Å². The van der Waals surface area contributed by atoms with Gasteiger partial charge in [-0.3, -0.25) is 0 Å². The molecule has 0 spiro atoms. The van der Waals surface area contributed by atoms with E-state index in [9.17, 15) is 4.79 Å². The van der Waals surface area contributed by atoms with Crippen LogP contribution in [0, 0.1) is 11.8 Å². The summed E-state index contributed by atoms with van der Waals surface area (Å²) >= 11 is -0.390. The number of benzene rings is 2. The molecule has 0 unspecified atom stereocenters. The van der Waals surface area contributed by atoms with E-state index in [2.05, 4.69) is 65.5 Å². The summed E-state index contributed by atoms with van der Waals surface area (Å²) in [5.74, 6) is 8.43. The molecule has 0 radical (unpaired) electrons. The first-order valence-electron chi connectivity index (χ1n) is 14.4. The van der Waals surface area contributed by atoms with Gasteiger partial charge in [0.05, 0.1) is 0 Å². The Balaban J connectivity index is 1.52. The Morgan fingerprint density at radius 2 is 1.62 bits per heavy atom. The second kappa shape index (κ2) is 15.1. The van der Waals surface area contributed by atoms with Crippen LogP contribution >= 0.6 is 0 Å². The fraction of sp³-hybridized carbons (Fsp3) is 0.545. The van der Waals surface area contributed by atoms with Crippen molar-refractivity contribution in [1.29, 1.82) is 0 Å². The number of aryl methyl sites for hydroxylation is 1. The first-order chi connectivity index (χ1) is 18.9. The fourth-order valence-electron chi connectivity index (χ4n) is 5.10. The summed E-state index contributed by atoms with van der Waals surface area (Å²) in [5, 5.41) is 0.0989. The van der Waals surface area contributed by atoms with E-state index >= 15 is 0 Å². The number of carbonyl (C=O) groups excluding carboxylic acids is 1. The van der Waals surface area contributed by atoms with Crippen LogP contribution in [0.25, 0.3) is 0 Å². The van der Waals surface area contributed by atoms with Gasteiger partial charge in [-0.25, -0.2) is 0 Å². The molecule has 0 N–H and O–H groups in total. The Labute approximate surface area is 249 Å². The van der Waals surface area contributed by atoms with Crippen molar-refractivity contribution < 1.29 is 23.4 Å². The Bertz CT molecular complexity index is 1130. The van der Waals surface area contributed by atoms with Gasteiger partial charge in [-0.15, -0.1) is 0 Å². The molecule has 0 saturated heterocycles. The molecular weight excluding hydrogens is 583 g/mol. The van der Waals surface area contributed by atoms with E-state index in [0.29, 0.717) is 6.79 Å². The third kappa shape index (κ3) is 10.6. The summed E-state index contributed by atoms with van der Waals surface area (Å²) in [6.45, 7) is 15.7. The predicted molar refractivity (Wildman–Crippen MR) is 166 cm³/mol. The maximum absolute atomic E-state index is 12.7. The van der Waals surface area contributed by atoms with Gasteiger partial charge in [-0.1, -0.05) is 6.07 Å². The van der Waals surface area contributed by atoms with Crippen molar-refractivity contribution in [3.63, 3.8) is 0 Å². The minimum atomic E-state index is -1.75. The molecule has 1 heterocycles. The number of ether oxygens (including phenoxy) is 3. The molecule has 0 aliphatic carbocycles. The van der Waals surface area contributed by atoms with E-state index in [1.54, 1.807) is 0 Å². The van der Waals surface area contributed by atoms with Crippen LogP contribution in [0.2, 0.25) is 10.1 Å². The van der Waals surface area contributed by atoms with Crippen LogP contribution in [0.4, 0.5) is 4.79 Å². The van der Waals surface area contributed by atoms with E-state index in [0.717, 1.165) is 54.5 Å². The van der Waals surface area contributed by atoms with Gasteiger partial charge >= 0.3 is 199 Å². The van der Waals surface area contributed by atoms with Gasteiger partial charge in [0.15, 0.2) is 11.5 Å². The summed E-state index contributed by atoms with van der Waals surface area (Å²) in [5.41, 5.74) is 1.29. The van der Waals surface area contributed by atoms with E-state index in [-0.39, 0.29) is 29.9 Å². The zero-order valence-corrected chi connectivity index (χ0v) is 28.1. The minimum absolute atomic E-state index is 0.0495. The molecule has 7 heteroatoms. The number of rotatable bonds is 12. The van der Waals surface area contributed by atoms with Crippen LogP contribution in [-0.4, -0.2) is 47.9 Å². The van der Waals surface area contributed by atoms with E-state index < -0.39 is 21.2 Å². The topological polar surface area (TPSA) is 54.0 Å². The maximum atomic E-state index is 12.7. The summed E-state index contributed by atoms with van der Waals surface area (Å²) in [6, 6.07) is 16.0. The van der Waals surface area contributed by atoms with Crippen LogP contribution < -0.4 is 13.9 Å². The number of fused-ring (bicyclic) bond motifs is 1. The van der Waals surface area contributed by atoms with Crippen molar-refractivity contribution in [2.75, 3.05) is 6.79 Å². The number of hydrogen-bond donors (Lipinski definition) is 0. The van der Waals surface area contributed by atoms with Crippen molar-refractivity contribution >= 4 is 33.3 Å². The zero-order chi connectivity index (χ0) is 29.2. The standard InChI is InChI=1S/C33H46O5SeSi/c1-25(37-31(34)39-27-18-14-12-15-19-27)28(38-40(32(2,3)4)33(5,6)7)20-16-11-9-8-10-13-17-26-21-22-29-30(23-26)36-24-35-29/h12,14-15,18-19,21-23,25,28,40H,8-11,13,17,24H2,1-7H3/t25-,28+/m0/s1. The van der Waals surface area contributed by atoms with Gasteiger partial charge in [0.25, 0.3) is 0 Å². The summed E-state index contributed by atoms with van der Waals surface area (Å²) in [6.07, 6.45) is 5.49. The van der Waals surface area contributed by atoms with Gasteiger partial charge < -0.3 is 9.47 Å². The molecule has 2 atom stereocenters. The molecule has 1 aliphatic heterocycles. The molecule has 0 fully saturated rings. The molecule has 5 nitrogen and oxygen atoms in total. The molecule has 0 aromatic heterocycles. The first-order valence-corrected chi connectivity index (χ1v) is 17.7. The summed E-state index contributed by atoms with van der Waals surface area (Å²) in [7, 11) is -1.75. The Kier molecular flexibility index (Phi) is 12.2. The Morgan fingerprint density at radius 1 is 0.950 bits per heavy atom. The zero-order valence-electron chi connectivity index (χ0n) is 25.3. The second-order valence-corrected chi connectivity index (χ2v) is 19.2. The van der Waals surface area contributed by atoms with Crippen molar-refractivity contribution in [3.05, 3.63) is 54.1 Å². The molecule has 2 aromatic rings. The third-order valence-corrected chi connectivity index (χ3v) is 12.0. The van der Waals surface area contributed by atoms with Gasteiger partial charge in [0.2, 0.25) is 6.79 Å². The van der Waals surface area contributed by atoms with Gasteiger partial charge in [-0.05, 0) is 17.7 Å². The van der Waals surface area contributed by atoms with E-state index in [4.69, 9.17) is 18.6 Å². The van der Waals surface area contributed by atoms with Crippen molar-refractivity contribution in [2.24, 2.45) is 0 Å². The summed E-state index contributed by atoms with van der Waals surface area (Å²) in [4.78, 5) is 12.6. The molecule has 0 amide bonds. The first kappa shape index (κ1) is 32.3. The van der Waals surface area contributed by atoms with Gasteiger partial charge in [0.1, 0.15) is 0 Å². The molecule has 2 aromatic carbocycles. The third-order valence-electron chi connectivity index (χ3n) is 6.71. The average molecular weight is 630 g/mol. The van der Waals surface area contributed by atoms with E-state index in [1.165, 1.54) is 5.56 Å². The van der Waals surface area contributed by atoms with Crippen LogP contribution in [0.3, 0.4) is 0 Å². The van der Waals surface area contributed by atoms with E-state index in [1.807, 2.05) is 43.3 Å². The average Bonchev–Trinajstić information content (AvgIpc) is 3.34. The van der Waals surface area contributed by atoms with Crippen LogP contribution in [-0.2, 0) is 15.6 Å². The van der Waals surface area contributed by atoms with Crippen LogP contribution in [0.15, 0.2) is 48.5 Å². The Hall–Kier alpha value is -2.23. The molecule has 3 rings (SSSR count). The number of carbonyl (C=O) groups is 1. The monoisotopic (exact) mass is 630 g/mol. The van der Waals surface area contributed by atoms with Crippen LogP contribution in [0.5, 0.6) is 11.5 Å². The number of unbranched alkanes of at least 4 members (excludes halogenated alkanes) is 4. The predicted octanol–water partition coefficient (Wildman–Crippen LogP) is 7.18. The van der Waals surface area contributed by atoms with Crippen molar-refractivity contribution in [3.8, 4) is 23.3 Å². The molecule has 1 aliphatic rings. The molecule has 0 saturated carbocycles. The SMILES string of the molecule is C[C@H](OC(=O)[Se]c1ccccc1)[C@@H](C#CCCCCCCc1ccc2c(c1)OCO2)O[SiH](C(C)(C)C)C(C)(C)C. The van der Waals surface area contributed by atoms with Gasteiger partial charge in [0, 0.05) is 0 Å². The fourth-order valence-corrected chi connectivity index (χ4v) is 10.5. The molecule has 40 heavy (non-hydrogen) atoms. The number of hydrogen-bond acceptors (Lipinski definition) is 5. The molecular formula is C33H46O5SeSi. The normalized spacial score (nSPS) is 14.4. The Morgan fingerprint density at radius 3 is 2.33 bits per heavy atom. The van der Waals surface area contributed by atoms with Crippen molar-refractivity contribution in [1.82, 2.24) is 0 Å². The molecule has 218 valence electrons. The van der Waals surface area contributed by atoms with Gasteiger partial charge in [-0.2, -0.15) is 0 Å². The summed E-state index contributed by atoms with van der Waals surface area (Å²) < 4.78 is 24.6. The second-order valence-electron chi connectivity index (χ2n) is 12.6.